The van der Waals surface area contributed by atoms with Crippen LogP contribution in [0.1, 0.15) is 32.6 Å². The lowest BCUT2D eigenvalue weighted by Gasteiger charge is -2.22. The first-order valence-electron chi connectivity index (χ1n) is 7.21. The van der Waals surface area contributed by atoms with Crippen LogP contribution >= 0.6 is 0 Å². The maximum atomic E-state index is 5.67. The van der Waals surface area contributed by atoms with Crippen LogP contribution in [0.3, 0.4) is 0 Å². The van der Waals surface area contributed by atoms with E-state index in [4.69, 9.17) is 9.47 Å². The third kappa shape index (κ3) is 4.48. The summed E-state index contributed by atoms with van der Waals surface area (Å²) in [5.41, 5.74) is 0. The number of methoxy groups -OCH3 is 1. The van der Waals surface area contributed by atoms with Crippen LogP contribution in [0, 0.1) is 0 Å². The number of rotatable bonds is 7. The van der Waals surface area contributed by atoms with E-state index in [0.29, 0.717) is 24.5 Å². The normalized spacial score (nSPS) is 18.6. The molecule has 112 valence electrons. The topological polar surface area (TPSA) is 81.2 Å². The average Bonchev–Trinajstić information content (AvgIpc) is 2.51. The van der Waals surface area contributed by atoms with E-state index in [-0.39, 0.29) is 6.10 Å². The van der Waals surface area contributed by atoms with Gasteiger partial charge in [-0.25, -0.2) is 0 Å². The van der Waals surface area contributed by atoms with E-state index in [1.807, 2.05) is 0 Å². The Labute approximate surface area is 119 Å². The summed E-state index contributed by atoms with van der Waals surface area (Å²) in [6.45, 7) is 4.46. The smallest absolute Gasteiger partial charge is 0.322 e. The minimum atomic E-state index is 0.235. The van der Waals surface area contributed by atoms with Crippen LogP contribution in [0.15, 0.2) is 0 Å². The Bertz CT molecular complexity index is 410. The number of nitrogens with one attached hydrogen (secondary N) is 2. The van der Waals surface area contributed by atoms with Gasteiger partial charge in [0.15, 0.2) is 0 Å². The summed E-state index contributed by atoms with van der Waals surface area (Å²) in [5.74, 6) is 1.05. The molecule has 2 rings (SSSR count). The first kappa shape index (κ1) is 14.8. The molecule has 0 spiro atoms. The van der Waals surface area contributed by atoms with Gasteiger partial charge in [0.1, 0.15) is 0 Å². The Morgan fingerprint density at radius 1 is 1.20 bits per heavy atom. The van der Waals surface area contributed by atoms with Gasteiger partial charge in [-0.3, -0.25) is 0 Å². The summed E-state index contributed by atoms with van der Waals surface area (Å²) in [4.78, 5) is 12.7. The zero-order chi connectivity index (χ0) is 14.2. The molecule has 2 heterocycles. The molecule has 0 aliphatic carbocycles. The highest BCUT2D eigenvalue weighted by Gasteiger charge is 2.14. The number of aromatic nitrogens is 3. The second-order valence-corrected chi connectivity index (χ2v) is 4.77. The molecule has 1 unspecified atom stereocenters. The average molecular weight is 281 g/mol. The molecule has 1 fully saturated rings. The molecule has 0 radical (unpaired) electrons. The molecule has 0 aromatic carbocycles. The van der Waals surface area contributed by atoms with Crippen LogP contribution in [0.2, 0.25) is 0 Å². The van der Waals surface area contributed by atoms with Crippen LogP contribution in [0.4, 0.5) is 11.9 Å². The highest BCUT2D eigenvalue weighted by molar-refractivity contribution is 5.35. The van der Waals surface area contributed by atoms with Crippen molar-refractivity contribution in [2.45, 2.75) is 38.7 Å². The van der Waals surface area contributed by atoms with Gasteiger partial charge in [0.05, 0.1) is 13.2 Å². The van der Waals surface area contributed by atoms with Crippen molar-refractivity contribution < 1.29 is 9.47 Å². The van der Waals surface area contributed by atoms with Gasteiger partial charge < -0.3 is 20.1 Å². The van der Waals surface area contributed by atoms with Crippen molar-refractivity contribution in [1.29, 1.82) is 0 Å². The van der Waals surface area contributed by atoms with Crippen LogP contribution < -0.4 is 15.4 Å². The quantitative estimate of drug-likeness (QED) is 0.787. The molecule has 7 heteroatoms. The largest absolute Gasteiger partial charge is 0.467 e. The molecule has 1 atom stereocenters. The third-order valence-corrected chi connectivity index (χ3v) is 3.09. The fourth-order valence-corrected chi connectivity index (χ4v) is 2.02. The summed E-state index contributed by atoms with van der Waals surface area (Å²) in [6, 6.07) is 0.311. The van der Waals surface area contributed by atoms with Gasteiger partial charge in [0, 0.05) is 19.7 Å². The molecule has 0 amide bonds. The van der Waals surface area contributed by atoms with E-state index in [1.165, 1.54) is 6.42 Å². The van der Waals surface area contributed by atoms with Gasteiger partial charge in [0.25, 0.3) is 0 Å². The van der Waals surface area contributed by atoms with Gasteiger partial charge in [-0.1, -0.05) is 6.92 Å². The lowest BCUT2D eigenvalue weighted by Crippen LogP contribution is -2.27. The summed E-state index contributed by atoms with van der Waals surface area (Å²) < 4.78 is 10.8. The van der Waals surface area contributed by atoms with Crippen molar-refractivity contribution in [2.75, 3.05) is 37.4 Å². The van der Waals surface area contributed by atoms with Crippen molar-refractivity contribution in [2.24, 2.45) is 0 Å². The maximum absolute atomic E-state index is 5.67. The molecule has 1 saturated heterocycles. The van der Waals surface area contributed by atoms with Crippen LogP contribution in [0.25, 0.3) is 0 Å². The van der Waals surface area contributed by atoms with Crippen molar-refractivity contribution in [3.8, 4) is 6.01 Å². The fraction of sp³-hybridized carbons (Fsp3) is 0.769. The van der Waals surface area contributed by atoms with E-state index in [0.717, 1.165) is 32.4 Å². The Balaban J connectivity index is 1.94. The predicted octanol–water partition coefficient (Wildman–Crippen LogP) is 1.68. The summed E-state index contributed by atoms with van der Waals surface area (Å²) >= 11 is 0. The Morgan fingerprint density at radius 2 is 2.00 bits per heavy atom. The molecule has 7 nitrogen and oxygen atoms in total. The number of hydrogen-bond acceptors (Lipinski definition) is 7. The Morgan fingerprint density at radius 3 is 2.65 bits per heavy atom. The van der Waals surface area contributed by atoms with Gasteiger partial charge >= 0.3 is 6.01 Å². The molecular formula is C13H23N5O2. The molecule has 1 aromatic heterocycles. The molecule has 0 bridgehead atoms. The summed E-state index contributed by atoms with van der Waals surface area (Å²) in [5, 5.41) is 6.33. The number of ether oxygens (including phenoxy) is 2. The Kier molecular flexibility index (Phi) is 5.79. The SMILES string of the molecule is CCCNc1nc(NCC2CCCCO2)nc(OC)n1. The number of nitrogens with zero attached hydrogens (tertiary/aromatic N) is 3. The van der Waals surface area contributed by atoms with E-state index in [1.54, 1.807) is 7.11 Å². The standard InChI is InChI=1S/C13H23N5O2/c1-3-7-14-11-16-12(18-13(17-11)19-2)15-9-10-6-4-5-8-20-10/h10H,3-9H2,1-2H3,(H2,14,15,16,17,18). The first-order valence-corrected chi connectivity index (χ1v) is 7.21. The van der Waals surface area contributed by atoms with E-state index in [2.05, 4.69) is 32.5 Å². The van der Waals surface area contributed by atoms with Crippen molar-refractivity contribution in [3.63, 3.8) is 0 Å². The molecule has 2 N–H and O–H groups in total. The molecule has 20 heavy (non-hydrogen) atoms. The molecule has 1 aliphatic rings. The highest BCUT2D eigenvalue weighted by atomic mass is 16.5. The summed E-state index contributed by atoms with van der Waals surface area (Å²) in [7, 11) is 1.55. The fourth-order valence-electron chi connectivity index (χ4n) is 2.02. The van der Waals surface area contributed by atoms with Crippen LogP contribution in [-0.4, -0.2) is 47.9 Å². The summed E-state index contributed by atoms with van der Waals surface area (Å²) in [6.07, 6.45) is 4.69. The lowest BCUT2D eigenvalue weighted by atomic mass is 10.1. The number of anilines is 2. The van der Waals surface area contributed by atoms with Crippen LogP contribution in [0.5, 0.6) is 6.01 Å². The van der Waals surface area contributed by atoms with Gasteiger partial charge in [-0.05, 0) is 25.7 Å². The number of hydrogen-bond donors (Lipinski definition) is 2. The second-order valence-electron chi connectivity index (χ2n) is 4.77. The maximum Gasteiger partial charge on any atom is 0.322 e. The lowest BCUT2D eigenvalue weighted by molar-refractivity contribution is 0.0246. The Hall–Kier alpha value is -1.63. The van der Waals surface area contributed by atoms with Gasteiger partial charge in [0.2, 0.25) is 11.9 Å². The predicted molar refractivity (Wildman–Crippen MR) is 77.2 cm³/mol. The highest BCUT2D eigenvalue weighted by Crippen LogP contribution is 2.14. The molecule has 0 saturated carbocycles. The van der Waals surface area contributed by atoms with E-state index in [9.17, 15) is 0 Å². The zero-order valence-corrected chi connectivity index (χ0v) is 12.2. The van der Waals surface area contributed by atoms with Crippen molar-refractivity contribution in [3.05, 3.63) is 0 Å². The van der Waals surface area contributed by atoms with Crippen molar-refractivity contribution in [1.82, 2.24) is 15.0 Å². The van der Waals surface area contributed by atoms with Crippen LogP contribution in [-0.2, 0) is 4.74 Å². The van der Waals surface area contributed by atoms with E-state index >= 15 is 0 Å². The first-order chi connectivity index (χ1) is 9.81. The van der Waals surface area contributed by atoms with Gasteiger partial charge in [-0.2, -0.15) is 15.0 Å². The third-order valence-electron chi connectivity index (χ3n) is 3.09. The van der Waals surface area contributed by atoms with E-state index < -0.39 is 0 Å². The second kappa shape index (κ2) is 7.84. The zero-order valence-electron chi connectivity index (χ0n) is 12.2. The van der Waals surface area contributed by atoms with Gasteiger partial charge in [-0.15, -0.1) is 0 Å². The minimum Gasteiger partial charge on any atom is -0.467 e. The molecule has 1 aliphatic heterocycles. The molecular weight excluding hydrogens is 258 g/mol. The molecule has 1 aromatic rings. The minimum absolute atomic E-state index is 0.235. The monoisotopic (exact) mass is 281 g/mol. The van der Waals surface area contributed by atoms with Crippen molar-refractivity contribution >= 4 is 11.9 Å².